The van der Waals surface area contributed by atoms with Gasteiger partial charge in [0.1, 0.15) is 0 Å². The number of fused-ring (bicyclic) bond motifs is 3. The largest absolute Gasteiger partial charge is 0.351 e. The Hall–Kier alpha value is -1.13. The molecule has 1 N–H and O–H groups in total. The summed E-state index contributed by atoms with van der Waals surface area (Å²) in [5.41, 5.74) is 1.92. The highest BCUT2D eigenvalue weighted by molar-refractivity contribution is 9.10. The molecule has 0 bridgehead atoms. The van der Waals surface area contributed by atoms with Gasteiger partial charge in [0.05, 0.1) is 21.6 Å². The van der Waals surface area contributed by atoms with Crippen LogP contribution < -0.4 is 0 Å². The molecule has 5 heteroatoms. The Labute approximate surface area is 104 Å². The molecule has 0 aliphatic rings. The van der Waals surface area contributed by atoms with Crippen molar-refractivity contribution in [2.45, 2.75) is 0 Å². The number of halogens is 3. The predicted octanol–water partition coefficient (Wildman–Crippen LogP) is 4.27. The predicted molar refractivity (Wildman–Crippen MR) is 66.3 cm³/mol. The molecule has 3 aromatic rings. The van der Waals surface area contributed by atoms with Crippen LogP contribution >= 0.6 is 27.5 Å². The topological polar surface area (TPSA) is 28.7 Å². The molecule has 0 aliphatic carbocycles. The molecule has 0 fully saturated rings. The fourth-order valence-electron chi connectivity index (χ4n) is 1.75. The normalized spacial score (nSPS) is 11.4. The van der Waals surface area contributed by atoms with Crippen LogP contribution in [0.3, 0.4) is 0 Å². The summed E-state index contributed by atoms with van der Waals surface area (Å²) in [5, 5.41) is 0.850. The Kier molecular flexibility index (Phi) is 2.16. The number of H-pyrrole nitrogens is 1. The van der Waals surface area contributed by atoms with Crippen molar-refractivity contribution in [2.75, 3.05) is 0 Å². The van der Waals surface area contributed by atoms with E-state index in [0.29, 0.717) is 5.52 Å². The summed E-state index contributed by atoms with van der Waals surface area (Å²) in [6.45, 7) is 0. The molecular formula is C11H5BrClFN2. The van der Waals surface area contributed by atoms with Crippen LogP contribution in [0.25, 0.3) is 21.9 Å². The van der Waals surface area contributed by atoms with Crippen LogP contribution in [0.15, 0.2) is 28.9 Å². The summed E-state index contributed by atoms with van der Waals surface area (Å²) >= 11 is 9.04. The number of nitrogens with zero attached hydrogens (tertiary/aromatic N) is 1. The van der Waals surface area contributed by atoms with E-state index in [0.717, 1.165) is 20.9 Å². The van der Waals surface area contributed by atoms with Gasteiger partial charge in [-0.25, -0.2) is 4.39 Å². The molecule has 0 atom stereocenters. The van der Waals surface area contributed by atoms with Gasteiger partial charge < -0.3 is 4.98 Å². The fraction of sp³-hybridized carbons (Fsp3) is 0. The molecule has 0 radical (unpaired) electrons. The van der Waals surface area contributed by atoms with Crippen molar-refractivity contribution in [3.63, 3.8) is 0 Å². The molecule has 3 rings (SSSR count). The number of benzene rings is 1. The highest BCUT2D eigenvalue weighted by Crippen LogP contribution is 2.30. The molecule has 0 unspecified atom stereocenters. The Bertz CT molecular complexity index is 708. The number of hydrogen-bond acceptors (Lipinski definition) is 1. The number of aromatic amines is 1. The van der Waals surface area contributed by atoms with E-state index in [9.17, 15) is 4.39 Å². The first kappa shape index (κ1) is 10.1. The molecule has 0 saturated carbocycles. The second kappa shape index (κ2) is 3.43. The molecule has 0 aliphatic heterocycles. The van der Waals surface area contributed by atoms with E-state index in [4.69, 9.17) is 11.6 Å². The van der Waals surface area contributed by atoms with Crippen molar-refractivity contribution < 1.29 is 4.39 Å². The van der Waals surface area contributed by atoms with Crippen molar-refractivity contribution in [2.24, 2.45) is 0 Å². The lowest BCUT2D eigenvalue weighted by Gasteiger charge is -1.94. The lowest BCUT2D eigenvalue weighted by molar-refractivity contribution is 0.638. The summed E-state index contributed by atoms with van der Waals surface area (Å²) in [7, 11) is 0. The highest BCUT2D eigenvalue weighted by Gasteiger charge is 2.11. The summed E-state index contributed by atoms with van der Waals surface area (Å²) in [6, 6.07) is 5.16. The second-order valence-corrected chi connectivity index (χ2v) is 4.78. The first-order valence-electron chi connectivity index (χ1n) is 4.58. The molecule has 0 saturated heterocycles. The smallest absolute Gasteiger partial charge is 0.165 e. The van der Waals surface area contributed by atoms with Crippen LogP contribution in [0.5, 0.6) is 0 Å². The molecule has 0 spiro atoms. The van der Waals surface area contributed by atoms with E-state index < -0.39 is 5.82 Å². The molecule has 16 heavy (non-hydrogen) atoms. The van der Waals surface area contributed by atoms with Gasteiger partial charge in [0.15, 0.2) is 5.82 Å². The lowest BCUT2D eigenvalue weighted by Crippen LogP contribution is -1.78. The third kappa shape index (κ3) is 1.33. The molecule has 2 aromatic heterocycles. The zero-order valence-corrected chi connectivity index (χ0v) is 10.2. The van der Waals surface area contributed by atoms with Gasteiger partial charge in [-0.2, -0.15) is 0 Å². The van der Waals surface area contributed by atoms with Gasteiger partial charge in [0.2, 0.25) is 0 Å². The third-order valence-electron chi connectivity index (χ3n) is 2.46. The molecular weight excluding hydrogens is 294 g/mol. The highest BCUT2D eigenvalue weighted by atomic mass is 79.9. The van der Waals surface area contributed by atoms with Crippen molar-refractivity contribution in [3.8, 4) is 0 Å². The van der Waals surface area contributed by atoms with Crippen molar-refractivity contribution in [1.82, 2.24) is 9.97 Å². The Morgan fingerprint density at radius 1 is 1.38 bits per heavy atom. The molecule has 0 amide bonds. The van der Waals surface area contributed by atoms with E-state index in [1.54, 1.807) is 12.3 Å². The van der Waals surface area contributed by atoms with Gasteiger partial charge in [-0.1, -0.05) is 11.6 Å². The standard InChI is InChI=1S/C11H5BrClFN2/c12-5-3-8-10(15-4-5)6-1-2-7(13)9(14)11(6)16-8/h1-4,16H. The molecule has 1 aromatic carbocycles. The second-order valence-electron chi connectivity index (χ2n) is 3.46. The summed E-state index contributed by atoms with van der Waals surface area (Å²) in [5.74, 6) is -0.437. The first-order chi connectivity index (χ1) is 7.66. The number of nitrogens with one attached hydrogen (secondary N) is 1. The van der Waals surface area contributed by atoms with E-state index >= 15 is 0 Å². The number of aromatic nitrogens is 2. The SMILES string of the molecule is Fc1c(Cl)ccc2c1[nH]c1cc(Br)cnc12. The van der Waals surface area contributed by atoms with Gasteiger partial charge in [-0.3, -0.25) is 4.98 Å². The monoisotopic (exact) mass is 298 g/mol. The van der Waals surface area contributed by atoms with Gasteiger partial charge in [-0.15, -0.1) is 0 Å². The van der Waals surface area contributed by atoms with Crippen LogP contribution in [-0.2, 0) is 0 Å². The van der Waals surface area contributed by atoms with E-state index in [2.05, 4.69) is 25.9 Å². The van der Waals surface area contributed by atoms with Crippen molar-refractivity contribution >= 4 is 49.5 Å². The minimum absolute atomic E-state index is 0.109. The molecule has 2 nitrogen and oxygen atoms in total. The van der Waals surface area contributed by atoms with Crippen LogP contribution in [0.1, 0.15) is 0 Å². The quantitative estimate of drug-likeness (QED) is 0.660. The summed E-state index contributed by atoms with van der Waals surface area (Å²) < 4.78 is 14.6. The maximum absolute atomic E-state index is 13.7. The summed E-state index contributed by atoms with van der Waals surface area (Å²) in [6.07, 6.45) is 1.68. The van der Waals surface area contributed by atoms with E-state index in [1.165, 1.54) is 6.07 Å². The van der Waals surface area contributed by atoms with Crippen LogP contribution in [0.4, 0.5) is 4.39 Å². The molecule has 2 heterocycles. The number of hydrogen-bond donors (Lipinski definition) is 1. The average Bonchev–Trinajstić information content (AvgIpc) is 2.62. The minimum atomic E-state index is -0.437. The Morgan fingerprint density at radius 3 is 3.00 bits per heavy atom. The maximum atomic E-state index is 13.7. The van der Waals surface area contributed by atoms with Gasteiger partial charge in [0, 0.05) is 16.1 Å². The van der Waals surface area contributed by atoms with Crippen LogP contribution in [0, 0.1) is 5.82 Å². The maximum Gasteiger partial charge on any atom is 0.165 e. The fourth-order valence-corrected chi connectivity index (χ4v) is 2.24. The van der Waals surface area contributed by atoms with Crippen LogP contribution in [0.2, 0.25) is 5.02 Å². The van der Waals surface area contributed by atoms with Gasteiger partial charge in [0.25, 0.3) is 0 Å². The zero-order valence-electron chi connectivity index (χ0n) is 7.89. The number of rotatable bonds is 0. The van der Waals surface area contributed by atoms with Gasteiger partial charge >= 0.3 is 0 Å². The summed E-state index contributed by atoms with van der Waals surface area (Å²) in [4.78, 5) is 7.23. The zero-order chi connectivity index (χ0) is 11.3. The van der Waals surface area contributed by atoms with E-state index in [1.807, 2.05) is 6.07 Å². The average molecular weight is 300 g/mol. The van der Waals surface area contributed by atoms with Gasteiger partial charge in [-0.05, 0) is 34.1 Å². The lowest BCUT2D eigenvalue weighted by atomic mass is 10.2. The molecule has 80 valence electrons. The first-order valence-corrected chi connectivity index (χ1v) is 5.75. The minimum Gasteiger partial charge on any atom is -0.351 e. The van der Waals surface area contributed by atoms with Crippen molar-refractivity contribution in [1.29, 1.82) is 0 Å². The van der Waals surface area contributed by atoms with E-state index in [-0.39, 0.29) is 5.02 Å². The van der Waals surface area contributed by atoms with Crippen LogP contribution in [-0.4, -0.2) is 9.97 Å². The third-order valence-corrected chi connectivity index (χ3v) is 3.19. The Morgan fingerprint density at radius 2 is 2.19 bits per heavy atom. The van der Waals surface area contributed by atoms with Crippen molar-refractivity contribution in [3.05, 3.63) is 39.7 Å². The Balaban J connectivity index is 2.55. The number of pyridine rings is 1.